The molecule has 1 rings (SSSR count). The average molecular weight is 281 g/mol. The lowest BCUT2D eigenvalue weighted by molar-refractivity contribution is 0.0312. The molecule has 0 spiro atoms. The third kappa shape index (κ3) is 3.41. The van der Waals surface area contributed by atoms with Gasteiger partial charge < -0.3 is 9.84 Å². The molecule has 0 amide bonds. The summed E-state index contributed by atoms with van der Waals surface area (Å²) in [6.45, 7) is 3.43. The first kappa shape index (κ1) is 12.8. The molecule has 14 heavy (non-hydrogen) atoms. The first-order chi connectivity index (χ1) is 6.31. The average Bonchev–Trinajstić information content (AvgIpc) is 2.28. The highest BCUT2D eigenvalue weighted by atomic mass is 79.9. The first-order valence-corrected chi connectivity index (χ1v) is 8.93. The molecule has 1 unspecified atom stereocenters. The van der Waals surface area contributed by atoms with Crippen molar-refractivity contribution in [1.29, 1.82) is 0 Å². The minimum atomic E-state index is -0.991. The number of aliphatic hydroxyl groups excluding tert-OH is 1. The van der Waals surface area contributed by atoms with Gasteiger partial charge >= 0.3 is 0 Å². The van der Waals surface area contributed by atoms with Gasteiger partial charge in [0.2, 0.25) is 0 Å². The Hall–Kier alpha value is 0.765. The van der Waals surface area contributed by atoms with Gasteiger partial charge in [0.15, 0.2) is 0 Å². The second-order valence-electron chi connectivity index (χ2n) is 4.76. The van der Waals surface area contributed by atoms with E-state index in [4.69, 9.17) is 4.74 Å². The van der Waals surface area contributed by atoms with Crippen molar-refractivity contribution in [2.45, 2.75) is 29.5 Å². The van der Waals surface area contributed by atoms with Crippen molar-refractivity contribution in [2.24, 2.45) is 0 Å². The van der Waals surface area contributed by atoms with E-state index in [1.165, 1.54) is 0 Å². The van der Waals surface area contributed by atoms with Gasteiger partial charge in [-0.1, -0.05) is 15.9 Å². The van der Waals surface area contributed by atoms with Crippen molar-refractivity contribution in [3.63, 3.8) is 0 Å². The Morgan fingerprint density at radius 3 is 2.50 bits per heavy atom. The fourth-order valence-corrected chi connectivity index (χ4v) is 3.05. The van der Waals surface area contributed by atoms with Crippen molar-refractivity contribution < 1.29 is 9.84 Å². The summed E-state index contributed by atoms with van der Waals surface area (Å²) in [7, 11) is 1.99. The van der Waals surface area contributed by atoms with E-state index in [1.54, 1.807) is 0 Å². The molecular weight excluding hydrogens is 262 g/mol. The standard InChI is InChI=1S/C9H19BBrO2P/c1-14(2,3)5-4-6-8(12)7(11)9(10)13-6/h6-9,12H,1,4-5,10H2,2-3H3/t6?,7-,8-,9-/m1/s1. The minimum absolute atomic E-state index is 0.00426. The zero-order valence-corrected chi connectivity index (χ0v) is 11.6. The van der Waals surface area contributed by atoms with Crippen LogP contribution in [0.25, 0.3) is 0 Å². The fraction of sp³-hybridized carbons (Fsp3) is 0.889. The Bertz CT molecular complexity index is 243. The molecule has 0 saturated carbocycles. The normalized spacial score (nSPS) is 38.9. The van der Waals surface area contributed by atoms with Crippen LogP contribution < -0.4 is 0 Å². The van der Waals surface area contributed by atoms with Crippen LogP contribution in [0.3, 0.4) is 0 Å². The van der Waals surface area contributed by atoms with Crippen LogP contribution in [-0.2, 0) is 4.74 Å². The maximum atomic E-state index is 9.84. The van der Waals surface area contributed by atoms with Gasteiger partial charge in [-0.2, -0.15) is 0 Å². The molecule has 1 fully saturated rings. The zero-order chi connectivity index (χ0) is 10.9. The predicted molar refractivity (Wildman–Crippen MR) is 71.3 cm³/mol. The van der Waals surface area contributed by atoms with E-state index in [2.05, 4.69) is 35.6 Å². The molecule has 1 saturated heterocycles. The maximum Gasteiger partial charge on any atom is 0.140 e. The third-order valence-electron chi connectivity index (χ3n) is 2.56. The Balaban J connectivity index is 2.44. The van der Waals surface area contributed by atoms with E-state index in [0.29, 0.717) is 0 Å². The molecule has 4 atom stereocenters. The van der Waals surface area contributed by atoms with Crippen LogP contribution in [0.5, 0.6) is 0 Å². The van der Waals surface area contributed by atoms with E-state index in [9.17, 15) is 5.11 Å². The highest BCUT2D eigenvalue weighted by Crippen LogP contribution is 2.38. The smallest absolute Gasteiger partial charge is 0.140 e. The number of ether oxygens (including phenoxy) is 1. The summed E-state index contributed by atoms with van der Waals surface area (Å²) in [6.07, 6.45) is 5.80. The van der Waals surface area contributed by atoms with Gasteiger partial charge in [0, 0.05) is 6.00 Å². The summed E-state index contributed by atoms with van der Waals surface area (Å²) in [5.74, 6) is 0. The monoisotopic (exact) mass is 280 g/mol. The number of halogens is 1. The second kappa shape index (κ2) is 4.73. The Kier molecular flexibility index (Phi) is 4.34. The second-order valence-corrected chi connectivity index (χ2v) is 10.1. The van der Waals surface area contributed by atoms with E-state index < -0.39 is 6.89 Å². The van der Waals surface area contributed by atoms with Crippen LogP contribution in [0.15, 0.2) is 0 Å². The Morgan fingerprint density at radius 1 is 1.57 bits per heavy atom. The molecule has 0 aliphatic carbocycles. The molecule has 0 aromatic carbocycles. The lowest BCUT2D eigenvalue weighted by atomic mass is 9.96. The SMILES string of the molecule is B[C@@H]1OC(CCP(=C)(C)C)[C@@H](O)[C@H]1Br. The predicted octanol–water partition coefficient (Wildman–Crippen LogP) is 0.568. The van der Waals surface area contributed by atoms with Gasteiger partial charge in [-0.25, -0.2) is 0 Å². The van der Waals surface area contributed by atoms with Crippen LogP contribution in [0.2, 0.25) is 0 Å². The van der Waals surface area contributed by atoms with Gasteiger partial charge in [0.05, 0.1) is 17.0 Å². The van der Waals surface area contributed by atoms with Crippen molar-refractivity contribution >= 4 is 37.0 Å². The van der Waals surface area contributed by atoms with E-state index in [1.807, 2.05) is 7.85 Å². The van der Waals surface area contributed by atoms with Crippen LogP contribution >= 0.6 is 22.8 Å². The molecule has 82 valence electrons. The molecule has 1 heterocycles. The number of hydrogen-bond acceptors (Lipinski definition) is 2. The first-order valence-electron chi connectivity index (χ1n) is 4.96. The summed E-state index contributed by atoms with van der Waals surface area (Å²) in [4.78, 5) is 0.0822. The zero-order valence-electron chi connectivity index (χ0n) is 9.11. The summed E-state index contributed by atoms with van der Waals surface area (Å²) in [5, 5.41) is 9.84. The van der Waals surface area contributed by atoms with Crippen molar-refractivity contribution in [3.05, 3.63) is 0 Å². The van der Waals surface area contributed by atoms with Crippen LogP contribution in [-0.4, -0.2) is 61.8 Å². The Labute approximate surface area is 95.9 Å². The summed E-state index contributed by atoms with van der Waals surface area (Å²) in [5.41, 5.74) is 0. The molecule has 0 radical (unpaired) electrons. The molecule has 0 aromatic heterocycles. The lowest BCUT2D eigenvalue weighted by Gasteiger charge is -2.18. The van der Waals surface area contributed by atoms with E-state index in [0.717, 1.165) is 12.6 Å². The molecule has 1 aliphatic heterocycles. The fourth-order valence-electron chi connectivity index (χ4n) is 1.63. The molecule has 0 bridgehead atoms. The lowest BCUT2D eigenvalue weighted by Crippen LogP contribution is -2.28. The van der Waals surface area contributed by atoms with Gasteiger partial charge in [-0.05, 0) is 25.9 Å². The van der Waals surface area contributed by atoms with Crippen molar-refractivity contribution in [3.8, 4) is 0 Å². The molecule has 5 heteroatoms. The Morgan fingerprint density at radius 2 is 2.14 bits per heavy atom. The molecular formula is C9H19BBrO2P. The summed E-state index contributed by atoms with van der Waals surface area (Å²) < 4.78 is 5.67. The van der Waals surface area contributed by atoms with Gasteiger partial charge in [0.1, 0.15) is 7.85 Å². The quantitative estimate of drug-likeness (QED) is 0.465. The summed E-state index contributed by atoms with van der Waals surface area (Å²) >= 11 is 3.45. The minimum Gasteiger partial charge on any atom is -0.389 e. The van der Waals surface area contributed by atoms with Crippen LogP contribution in [0.4, 0.5) is 0 Å². The van der Waals surface area contributed by atoms with Crippen LogP contribution in [0.1, 0.15) is 6.42 Å². The van der Waals surface area contributed by atoms with Gasteiger partial charge in [-0.3, -0.25) is 0 Å². The van der Waals surface area contributed by atoms with Gasteiger partial charge in [-0.15, -0.1) is 13.2 Å². The third-order valence-corrected chi connectivity index (χ3v) is 5.32. The maximum absolute atomic E-state index is 9.84. The molecule has 1 aliphatic rings. The number of aliphatic hydroxyl groups is 1. The number of rotatable bonds is 3. The van der Waals surface area contributed by atoms with E-state index >= 15 is 0 Å². The summed E-state index contributed by atoms with van der Waals surface area (Å²) in [6, 6.07) is 0.112. The van der Waals surface area contributed by atoms with Crippen molar-refractivity contribution in [1.82, 2.24) is 0 Å². The van der Waals surface area contributed by atoms with E-state index in [-0.39, 0.29) is 23.0 Å². The van der Waals surface area contributed by atoms with Gasteiger partial charge in [0.25, 0.3) is 0 Å². The highest BCUT2D eigenvalue weighted by molar-refractivity contribution is 9.09. The topological polar surface area (TPSA) is 29.5 Å². The number of hydrogen-bond donors (Lipinski definition) is 1. The molecule has 0 aromatic rings. The molecule has 1 N–H and O–H groups in total. The largest absolute Gasteiger partial charge is 0.389 e. The molecule has 2 nitrogen and oxygen atoms in total. The van der Waals surface area contributed by atoms with Crippen LogP contribution in [0, 0.1) is 0 Å². The number of alkyl halides is 1. The van der Waals surface area contributed by atoms with Crippen molar-refractivity contribution in [2.75, 3.05) is 19.5 Å². The highest BCUT2D eigenvalue weighted by Gasteiger charge is 2.38.